The van der Waals surface area contributed by atoms with Crippen LogP contribution in [-0.4, -0.2) is 40.3 Å². The third-order valence-corrected chi connectivity index (χ3v) is 5.72. The fourth-order valence-corrected chi connectivity index (χ4v) is 3.91. The summed E-state index contributed by atoms with van der Waals surface area (Å²) < 4.78 is 31.0. The first-order chi connectivity index (χ1) is 13.8. The number of nitrogens with one attached hydrogen (secondary N) is 1. The summed E-state index contributed by atoms with van der Waals surface area (Å²) >= 11 is 5.96. The van der Waals surface area contributed by atoms with Gasteiger partial charge in [0.15, 0.2) is 0 Å². The van der Waals surface area contributed by atoms with Crippen molar-refractivity contribution in [2.75, 3.05) is 30.3 Å². The molecule has 0 aliphatic heterocycles. The van der Waals surface area contributed by atoms with Gasteiger partial charge in [-0.25, -0.2) is 8.42 Å². The highest BCUT2D eigenvalue weighted by molar-refractivity contribution is 7.92. The molecule has 0 radical (unpaired) electrons. The van der Waals surface area contributed by atoms with E-state index in [0.717, 1.165) is 18.4 Å². The first kappa shape index (κ1) is 23.0. The van der Waals surface area contributed by atoms with Crippen molar-refractivity contribution in [1.82, 2.24) is 5.32 Å². The van der Waals surface area contributed by atoms with Gasteiger partial charge in [-0.05, 0) is 48.7 Å². The molecule has 1 amide bonds. The number of nitrogens with zero attached hydrogens (tertiary/aromatic N) is 1. The van der Waals surface area contributed by atoms with E-state index in [0.29, 0.717) is 30.3 Å². The summed E-state index contributed by atoms with van der Waals surface area (Å²) in [5.74, 6) is 0.622. The van der Waals surface area contributed by atoms with Crippen LogP contribution in [0.15, 0.2) is 48.5 Å². The molecule has 0 aromatic heterocycles. The van der Waals surface area contributed by atoms with Crippen LogP contribution in [0.4, 0.5) is 5.69 Å². The van der Waals surface area contributed by atoms with Crippen molar-refractivity contribution in [3.63, 3.8) is 0 Å². The van der Waals surface area contributed by atoms with Gasteiger partial charge in [0.05, 0.1) is 18.5 Å². The number of halogens is 1. The Balaban J connectivity index is 1.73. The maximum absolute atomic E-state index is 12.1. The quantitative estimate of drug-likeness (QED) is 0.543. The fourth-order valence-electron chi connectivity index (χ4n) is 2.77. The summed E-state index contributed by atoms with van der Waals surface area (Å²) in [5, 5.41) is 3.24. The van der Waals surface area contributed by atoms with Gasteiger partial charge in [-0.1, -0.05) is 36.7 Å². The first-order valence-corrected chi connectivity index (χ1v) is 11.7. The van der Waals surface area contributed by atoms with Crippen molar-refractivity contribution in [2.24, 2.45) is 0 Å². The molecular formula is C21H27ClN2O4S. The van der Waals surface area contributed by atoms with Gasteiger partial charge >= 0.3 is 0 Å². The second-order valence-electron chi connectivity index (χ2n) is 6.61. The Labute approximate surface area is 177 Å². The molecule has 0 unspecified atom stereocenters. The van der Waals surface area contributed by atoms with Crippen molar-refractivity contribution >= 4 is 33.2 Å². The predicted octanol–water partition coefficient (Wildman–Crippen LogP) is 3.64. The lowest BCUT2D eigenvalue weighted by Gasteiger charge is -2.22. The molecule has 6 nitrogen and oxygen atoms in total. The van der Waals surface area contributed by atoms with E-state index in [4.69, 9.17) is 16.3 Å². The fraction of sp³-hybridized carbons (Fsp3) is 0.381. The van der Waals surface area contributed by atoms with E-state index in [-0.39, 0.29) is 18.9 Å². The van der Waals surface area contributed by atoms with Gasteiger partial charge < -0.3 is 10.1 Å². The van der Waals surface area contributed by atoms with Crippen molar-refractivity contribution in [3.8, 4) is 5.75 Å². The number of aryl methyl sites for hydroxylation is 1. The number of sulfonamides is 1. The summed E-state index contributed by atoms with van der Waals surface area (Å²) in [5.41, 5.74) is 1.73. The monoisotopic (exact) mass is 438 g/mol. The van der Waals surface area contributed by atoms with Gasteiger partial charge in [0.1, 0.15) is 12.4 Å². The van der Waals surface area contributed by atoms with Gasteiger partial charge in [-0.15, -0.1) is 0 Å². The molecule has 0 atom stereocenters. The normalized spacial score (nSPS) is 11.1. The van der Waals surface area contributed by atoms with Gasteiger partial charge in [-0.2, -0.15) is 0 Å². The highest BCUT2D eigenvalue weighted by atomic mass is 35.5. The Morgan fingerprint density at radius 2 is 1.90 bits per heavy atom. The summed E-state index contributed by atoms with van der Waals surface area (Å²) in [6.07, 6.45) is 2.73. The molecule has 0 bridgehead atoms. The minimum absolute atomic E-state index is 0.144. The minimum Gasteiger partial charge on any atom is -0.492 e. The maximum atomic E-state index is 12.1. The molecule has 0 aliphatic carbocycles. The Morgan fingerprint density at radius 3 is 2.52 bits per heavy atom. The number of hydrogen-bond acceptors (Lipinski definition) is 4. The lowest BCUT2D eigenvalue weighted by molar-refractivity contribution is -0.121. The maximum Gasteiger partial charge on any atom is 0.232 e. The van der Waals surface area contributed by atoms with Crippen molar-refractivity contribution in [1.29, 1.82) is 0 Å². The third-order valence-electron chi connectivity index (χ3n) is 4.29. The van der Waals surface area contributed by atoms with E-state index in [1.165, 1.54) is 9.87 Å². The topological polar surface area (TPSA) is 75.7 Å². The highest BCUT2D eigenvalue weighted by Gasteiger charge is 2.17. The number of carbonyl (C=O) groups is 1. The van der Waals surface area contributed by atoms with Gasteiger partial charge in [0, 0.05) is 18.0 Å². The first-order valence-electron chi connectivity index (χ1n) is 9.51. The van der Waals surface area contributed by atoms with E-state index in [9.17, 15) is 13.2 Å². The molecule has 0 saturated carbocycles. The number of amides is 1. The lowest BCUT2D eigenvalue weighted by Crippen LogP contribution is -2.32. The molecule has 0 fully saturated rings. The van der Waals surface area contributed by atoms with Crippen LogP contribution in [0.25, 0.3) is 0 Å². The Bertz CT molecular complexity index is 901. The van der Waals surface area contributed by atoms with E-state index in [1.807, 2.05) is 24.3 Å². The van der Waals surface area contributed by atoms with E-state index in [2.05, 4.69) is 12.2 Å². The van der Waals surface area contributed by atoms with Crippen LogP contribution in [0.1, 0.15) is 25.3 Å². The average molecular weight is 439 g/mol. The minimum atomic E-state index is -3.47. The standard InChI is InChI=1S/C21H27ClN2O4S/c1-3-17-9-11-20(12-10-17)28-15-13-23-21(25)8-5-14-24(29(2,26)27)19-7-4-6-18(22)16-19/h4,6-7,9-12,16H,3,5,8,13-15H2,1-2H3,(H,23,25). The molecule has 0 spiro atoms. The summed E-state index contributed by atoms with van der Waals surface area (Å²) in [6, 6.07) is 14.5. The number of anilines is 1. The summed E-state index contributed by atoms with van der Waals surface area (Å²) in [7, 11) is -3.47. The van der Waals surface area contributed by atoms with E-state index < -0.39 is 10.0 Å². The Kier molecular flexibility index (Phi) is 8.79. The van der Waals surface area contributed by atoms with Crippen molar-refractivity contribution in [3.05, 3.63) is 59.1 Å². The SMILES string of the molecule is CCc1ccc(OCCNC(=O)CCCN(c2cccc(Cl)c2)S(C)(=O)=O)cc1. The zero-order valence-electron chi connectivity index (χ0n) is 16.7. The molecule has 1 N–H and O–H groups in total. The molecular weight excluding hydrogens is 412 g/mol. The number of rotatable bonds is 11. The van der Waals surface area contributed by atoms with E-state index in [1.54, 1.807) is 24.3 Å². The molecule has 2 aromatic carbocycles. The molecule has 0 heterocycles. The number of carbonyl (C=O) groups excluding carboxylic acids is 1. The molecule has 158 valence electrons. The summed E-state index contributed by atoms with van der Waals surface area (Å²) in [6.45, 7) is 3.05. The molecule has 0 saturated heterocycles. The number of benzene rings is 2. The molecule has 2 aromatic rings. The molecule has 29 heavy (non-hydrogen) atoms. The summed E-state index contributed by atoms with van der Waals surface area (Å²) in [4.78, 5) is 12.0. The van der Waals surface area contributed by atoms with Gasteiger partial charge in [0.2, 0.25) is 15.9 Å². The highest BCUT2D eigenvalue weighted by Crippen LogP contribution is 2.22. The third kappa shape index (κ3) is 7.95. The van der Waals surface area contributed by atoms with Crippen LogP contribution in [0.3, 0.4) is 0 Å². The van der Waals surface area contributed by atoms with Crippen LogP contribution in [-0.2, 0) is 21.2 Å². The molecule has 0 aliphatic rings. The predicted molar refractivity (Wildman–Crippen MR) is 117 cm³/mol. The number of hydrogen-bond donors (Lipinski definition) is 1. The smallest absolute Gasteiger partial charge is 0.232 e. The average Bonchev–Trinajstić information content (AvgIpc) is 2.68. The van der Waals surface area contributed by atoms with Crippen molar-refractivity contribution < 1.29 is 17.9 Å². The Hall–Kier alpha value is -2.25. The zero-order valence-corrected chi connectivity index (χ0v) is 18.3. The Morgan fingerprint density at radius 1 is 1.17 bits per heavy atom. The van der Waals surface area contributed by atoms with Crippen LogP contribution in [0.5, 0.6) is 5.75 Å². The zero-order chi connectivity index (χ0) is 21.3. The lowest BCUT2D eigenvalue weighted by atomic mass is 10.2. The number of ether oxygens (including phenoxy) is 1. The van der Waals surface area contributed by atoms with Gasteiger partial charge in [0.25, 0.3) is 0 Å². The largest absolute Gasteiger partial charge is 0.492 e. The molecule has 2 rings (SSSR count). The van der Waals surface area contributed by atoms with Crippen LogP contribution < -0.4 is 14.4 Å². The van der Waals surface area contributed by atoms with Crippen LogP contribution in [0.2, 0.25) is 5.02 Å². The van der Waals surface area contributed by atoms with Crippen LogP contribution >= 0.6 is 11.6 Å². The molecule has 8 heteroatoms. The second-order valence-corrected chi connectivity index (χ2v) is 8.96. The second kappa shape index (κ2) is 11.1. The van der Waals surface area contributed by atoms with Gasteiger partial charge in [-0.3, -0.25) is 9.10 Å². The van der Waals surface area contributed by atoms with E-state index >= 15 is 0 Å². The van der Waals surface area contributed by atoms with Crippen LogP contribution in [0, 0.1) is 0 Å². The van der Waals surface area contributed by atoms with Crippen molar-refractivity contribution in [2.45, 2.75) is 26.2 Å².